The molecule has 4 heteroatoms. The molecule has 0 N–H and O–H groups in total. The summed E-state index contributed by atoms with van der Waals surface area (Å²) >= 11 is 0. The van der Waals surface area contributed by atoms with Gasteiger partial charge in [0, 0.05) is 6.92 Å². The second-order valence-electron chi connectivity index (χ2n) is 6.92. The summed E-state index contributed by atoms with van der Waals surface area (Å²) in [5.74, 6) is 0.0296. The van der Waals surface area contributed by atoms with Crippen molar-refractivity contribution in [3.8, 4) is 5.75 Å². The lowest BCUT2D eigenvalue weighted by Crippen LogP contribution is -2.00. The van der Waals surface area contributed by atoms with E-state index < -0.39 is 0 Å². The molecule has 0 saturated carbocycles. The van der Waals surface area contributed by atoms with Gasteiger partial charge in [0.15, 0.2) is 0 Å². The van der Waals surface area contributed by atoms with Crippen molar-refractivity contribution in [3.05, 3.63) is 101 Å². The number of methoxy groups -OCH3 is 1. The number of benzene rings is 3. The molecular weight excluding hydrogens is 448 g/mol. The zero-order valence-corrected chi connectivity index (χ0v) is 24.6. The van der Waals surface area contributed by atoms with Crippen LogP contribution in [0.5, 0.6) is 5.75 Å². The van der Waals surface area contributed by atoms with Crippen LogP contribution in [0.25, 0.3) is 0 Å². The highest BCUT2D eigenvalue weighted by molar-refractivity contribution is 5.89. The zero-order valence-electron chi connectivity index (χ0n) is 24.6. The van der Waals surface area contributed by atoms with Crippen LogP contribution in [0.15, 0.2) is 72.8 Å². The van der Waals surface area contributed by atoms with Crippen LogP contribution in [0.4, 0.5) is 0 Å². The first kappa shape index (κ1) is 37.2. The second kappa shape index (κ2) is 24.7. The molecule has 0 heterocycles. The van der Waals surface area contributed by atoms with Gasteiger partial charge in [-0.1, -0.05) is 112 Å². The monoisotopic (exact) mass is 496 g/mol. The van der Waals surface area contributed by atoms with E-state index in [2.05, 4.69) is 42.8 Å². The molecule has 3 rings (SSSR count). The number of hydrogen-bond donors (Lipinski definition) is 0. The molecular formula is C32H48O4. The van der Waals surface area contributed by atoms with Crippen molar-refractivity contribution in [2.45, 2.75) is 76.2 Å². The summed E-state index contributed by atoms with van der Waals surface area (Å²) in [6.07, 6.45) is 0. The SMILES string of the molecule is CC.CC.CC.CC(=O)Oc1ccc(C)cc1.COC(=O)c1ccc(C)cc1.Cc1ccc(C)cc1. The van der Waals surface area contributed by atoms with Gasteiger partial charge in [-0.15, -0.1) is 0 Å². The molecule has 3 aromatic carbocycles. The number of esters is 2. The van der Waals surface area contributed by atoms with Crippen molar-refractivity contribution in [1.82, 2.24) is 0 Å². The smallest absolute Gasteiger partial charge is 0.337 e. The lowest BCUT2D eigenvalue weighted by molar-refractivity contribution is -0.131. The van der Waals surface area contributed by atoms with Crippen LogP contribution < -0.4 is 4.74 Å². The Morgan fingerprint density at radius 3 is 1.08 bits per heavy atom. The second-order valence-corrected chi connectivity index (χ2v) is 6.92. The standard InChI is InChI=1S/2C9H10O2.C8H10.3C2H6/c1-7-3-5-8(6-4-7)9(10)11-2;1-7-3-5-9(6-4-7)11-8(2)10;1-7-3-5-8(2)6-4-7;3*1-2/h2*3-6H,1-2H3;3-6H,1-2H3;3*1-2H3. The molecule has 0 spiro atoms. The van der Waals surface area contributed by atoms with Crippen LogP contribution in [-0.2, 0) is 9.53 Å². The molecule has 0 amide bonds. The molecule has 0 bridgehead atoms. The van der Waals surface area contributed by atoms with E-state index in [9.17, 15) is 9.59 Å². The molecule has 0 aromatic heterocycles. The summed E-state index contributed by atoms with van der Waals surface area (Å²) < 4.78 is 9.37. The van der Waals surface area contributed by atoms with E-state index in [-0.39, 0.29) is 11.9 Å². The van der Waals surface area contributed by atoms with Crippen molar-refractivity contribution in [2.75, 3.05) is 7.11 Å². The van der Waals surface area contributed by atoms with Gasteiger partial charge in [-0.25, -0.2) is 4.79 Å². The van der Waals surface area contributed by atoms with Crippen molar-refractivity contribution in [1.29, 1.82) is 0 Å². The first-order valence-electron chi connectivity index (χ1n) is 12.6. The maximum absolute atomic E-state index is 10.9. The van der Waals surface area contributed by atoms with E-state index >= 15 is 0 Å². The van der Waals surface area contributed by atoms with Gasteiger partial charge >= 0.3 is 11.9 Å². The van der Waals surface area contributed by atoms with Crippen LogP contribution >= 0.6 is 0 Å². The minimum atomic E-state index is -0.287. The summed E-state index contributed by atoms with van der Waals surface area (Å²) in [6, 6.07) is 23.1. The van der Waals surface area contributed by atoms with Crippen LogP contribution in [0.3, 0.4) is 0 Å². The fourth-order valence-electron chi connectivity index (χ4n) is 2.22. The molecule has 36 heavy (non-hydrogen) atoms. The number of aryl methyl sites for hydroxylation is 4. The van der Waals surface area contributed by atoms with E-state index in [0.717, 1.165) is 11.1 Å². The molecule has 0 aliphatic heterocycles. The predicted octanol–water partition coefficient (Wildman–Crippen LogP) is 9.08. The van der Waals surface area contributed by atoms with Gasteiger partial charge in [-0.2, -0.15) is 0 Å². The highest BCUT2D eigenvalue weighted by atomic mass is 16.5. The lowest BCUT2D eigenvalue weighted by Gasteiger charge is -1.99. The van der Waals surface area contributed by atoms with Gasteiger partial charge in [0.05, 0.1) is 12.7 Å². The normalized spacial score (nSPS) is 8.22. The van der Waals surface area contributed by atoms with Gasteiger partial charge in [0.2, 0.25) is 0 Å². The third-order valence-corrected chi connectivity index (χ3v) is 3.97. The number of rotatable bonds is 2. The van der Waals surface area contributed by atoms with Gasteiger partial charge in [0.25, 0.3) is 0 Å². The van der Waals surface area contributed by atoms with E-state index in [1.54, 1.807) is 24.3 Å². The molecule has 0 aliphatic rings. The minimum Gasteiger partial charge on any atom is -0.465 e. The van der Waals surface area contributed by atoms with Crippen LogP contribution in [0.2, 0.25) is 0 Å². The Balaban J connectivity index is -0.000000414. The Labute approximate surface area is 220 Å². The van der Waals surface area contributed by atoms with Crippen LogP contribution in [0.1, 0.15) is 81.1 Å². The van der Waals surface area contributed by atoms with E-state index in [1.165, 1.54) is 25.2 Å². The first-order chi connectivity index (χ1) is 17.2. The molecule has 0 fully saturated rings. The Morgan fingerprint density at radius 2 is 0.806 bits per heavy atom. The third-order valence-electron chi connectivity index (χ3n) is 3.97. The molecule has 0 aliphatic carbocycles. The minimum absolute atomic E-state index is 0.283. The average molecular weight is 497 g/mol. The fourth-order valence-corrected chi connectivity index (χ4v) is 2.22. The molecule has 3 aromatic rings. The maximum atomic E-state index is 10.9. The van der Waals surface area contributed by atoms with Gasteiger partial charge in [-0.05, 0) is 52.0 Å². The highest BCUT2D eigenvalue weighted by Crippen LogP contribution is 2.11. The van der Waals surface area contributed by atoms with E-state index in [4.69, 9.17) is 4.74 Å². The summed E-state index contributed by atoms with van der Waals surface area (Å²) in [7, 11) is 1.38. The van der Waals surface area contributed by atoms with Crippen molar-refractivity contribution < 1.29 is 19.1 Å². The molecule has 4 nitrogen and oxygen atoms in total. The summed E-state index contributed by atoms with van der Waals surface area (Å²) in [4.78, 5) is 21.4. The highest BCUT2D eigenvalue weighted by Gasteiger charge is 2.02. The quantitative estimate of drug-likeness (QED) is 0.262. The van der Waals surface area contributed by atoms with E-state index in [0.29, 0.717) is 11.3 Å². The fraction of sp³-hybridized carbons (Fsp3) is 0.375. The van der Waals surface area contributed by atoms with Crippen molar-refractivity contribution >= 4 is 11.9 Å². The lowest BCUT2D eigenvalue weighted by atomic mass is 10.2. The van der Waals surface area contributed by atoms with Crippen molar-refractivity contribution in [3.63, 3.8) is 0 Å². The average Bonchev–Trinajstić information content (AvgIpc) is 2.91. The number of carbonyl (C=O) groups excluding carboxylic acids is 2. The maximum Gasteiger partial charge on any atom is 0.337 e. The molecule has 0 unspecified atom stereocenters. The van der Waals surface area contributed by atoms with Gasteiger partial charge in [-0.3, -0.25) is 4.79 Å². The van der Waals surface area contributed by atoms with Gasteiger partial charge < -0.3 is 9.47 Å². The van der Waals surface area contributed by atoms with Crippen LogP contribution in [0, 0.1) is 27.7 Å². The van der Waals surface area contributed by atoms with Crippen molar-refractivity contribution in [2.24, 2.45) is 0 Å². The molecule has 200 valence electrons. The summed E-state index contributed by atoms with van der Waals surface area (Å²) in [6.45, 7) is 21.5. The Bertz CT molecular complexity index is 889. The predicted molar refractivity (Wildman–Crippen MR) is 155 cm³/mol. The Hall–Kier alpha value is -3.40. The number of hydrogen-bond acceptors (Lipinski definition) is 4. The zero-order chi connectivity index (χ0) is 28.5. The summed E-state index contributed by atoms with van der Waals surface area (Å²) in [5, 5.41) is 0. The largest absolute Gasteiger partial charge is 0.465 e. The molecule has 0 saturated heterocycles. The van der Waals surface area contributed by atoms with E-state index in [1.807, 2.05) is 79.7 Å². The van der Waals surface area contributed by atoms with Crippen LogP contribution in [-0.4, -0.2) is 19.0 Å². The third kappa shape index (κ3) is 20.0. The first-order valence-corrected chi connectivity index (χ1v) is 12.6. The number of ether oxygens (including phenoxy) is 2. The molecule has 0 radical (unpaired) electrons. The topological polar surface area (TPSA) is 52.6 Å². The van der Waals surface area contributed by atoms with Gasteiger partial charge in [0.1, 0.15) is 5.75 Å². The molecule has 0 atom stereocenters. The Morgan fingerprint density at radius 1 is 0.528 bits per heavy atom. The number of carbonyl (C=O) groups is 2. The summed E-state index contributed by atoms with van der Waals surface area (Å²) in [5.41, 5.74) is 5.54. The Kier molecular flexibility index (Phi) is 25.5.